The molecule has 4 aliphatic rings. The van der Waals surface area contributed by atoms with Gasteiger partial charge in [0, 0.05) is 12.0 Å². The van der Waals surface area contributed by atoms with E-state index >= 15 is 0 Å². The number of esters is 1. The normalized spacial score (nSPS) is 43.9. The molecule has 5 nitrogen and oxygen atoms in total. The molecule has 0 bridgehead atoms. The van der Waals surface area contributed by atoms with Gasteiger partial charge in [-0.3, -0.25) is 9.59 Å². The number of aliphatic hydroxyl groups is 1. The van der Waals surface area contributed by atoms with Gasteiger partial charge in [0.2, 0.25) is 0 Å². The van der Waals surface area contributed by atoms with Crippen molar-refractivity contribution < 1.29 is 24.5 Å². The summed E-state index contributed by atoms with van der Waals surface area (Å²) in [5, 5.41) is 20.8. The van der Waals surface area contributed by atoms with Crippen molar-refractivity contribution in [3.63, 3.8) is 0 Å². The first kappa shape index (κ1) is 27.7. The van der Waals surface area contributed by atoms with Gasteiger partial charge in [0.1, 0.15) is 0 Å². The van der Waals surface area contributed by atoms with Crippen molar-refractivity contribution in [2.75, 3.05) is 13.7 Å². The first-order valence-electron chi connectivity index (χ1n) is 14.1. The number of carbonyl (C=O) groups excluding carboxylic acids is 1. The number of methoxy groups -OCH3 is 1. The van der Waals surface area contributed by atoms with Gasteiger partial charge in [0.05, 0.1) is 18.9 Å². The molecule has 0 amide bonds. The quantitative estimate of drug-likeness (QED) is 0.325. The summed E-state index contributed by atoms with van der Waals surface area (Å²) in [5.74, 6) is -0.558. The Hall–Kier alpha value is -1.36. The Morgan fingerprint density at radius 1 is 1.06 bits per heavy atom. The molecule has 0 spiro atoms. The average Bonchev–Trinajstić information content (AvgIpc) is 2.78. The van der Waals surface area contributed by atoms with Crippen LogP contribution in [0.1, 0.15) is 106 Å². The van der Waals surface area contributed by atoms with Crippen LogP contribution >= 0.6 is 0 Å². The lowest BCUT2D eigenvalue weighted by atomic mass is 9.34. The van der Waals surface area contributed by atoms with Crippen LogP contribution in [0.25, 0.3) is 0 Å². The van der Waals surface area contributed by atoms with E-state index < -0.39 is 16.8 Å². The molecule has 7 atom stereocenters. The van der Waals surface area contributed by atoms with Crippen LogP contribution in [-0.4, -0.2) is 35.9 Å². The zero-order valence-corrected chi connectivity index (χ0v) is 24.0. The molecular formula is C31H50O5. The summed E-state index contributed by atoms with van der Waals surface area (Å²) < 4.78 is 5.21. The molecule has 5 heteroatoms. The van der Waals surface area contributed by atoms with E-state index in [9.17, 15) is 19.8 Å². The number of aliphatic carboxylic acids is 1. The van der Waals surface area contributed by atoms with Gasteiger partial charge < -0.3 is 14.9 Å². The van der Waals surface area contributed by atoms with E-state index in [0.717, 1.165) is 51.4 Å². The van der Waals surface area contributed by atoms with E-state index in [1.165, 1.54) is 12.7 Å². The summed E-state index contributed by atoms with van der Waals surface area (Å²) in [6, 6.07) is 0. The standard InChI is InChI=1S/C31H50O5/c1-26(2)13-15-31(19-32)16-14-29(6)20(21(31)17-26)9-10-23-28(5,18-24(33)34)22(11-12-30(23,29)7)27(3,4)25(35)36-8/h9,21-23,32H,10-19H2,1-8H3,(H,33,34)/t21-,22-,23+,28-,29+,30+,31+/m0/s1. The zero-order chi connectivity index (χ0) is 26.9. The van der Waals surface area contributed by atoms with E-state index in [-0.39, 0.29) is 52.5 Å². The Kier molecular flexibility index (Phi) is 6.59. The van der Waals surface area contributed by atoms with Crippen LogP contribution in [0.15, 0.2) is 11.6 Å². The fraction of sp³-hybridized carbons (Fsp3) is 0.871. The number of ether oxygens (including phenoxy) is 1. The van der Waals surface area contributed by atoms with E-state index in [1.54, 1.807) is 0 Å². The maximum absolute atomic E-state index is 12.9. The van der Waals surface area contributed by atoms with E-state index in [1.807, 2.05) is 13.8 Å². The molecule has 0 aliphatic heterocycles. The van der Waals surface area contributed by atoms with Crippen molar-refractivity contribution in [1.82, 2.24) is 0 Å². The lowest BCUT2D eigenvalue weighted by molar-refractivity contribution is -0.190. The van der Waals surface area contributed by atoms with Crippen LogP contribution in [0.2, 0.25) is 0 Å². The summed E-state index contributed by atoms with van der Waals surface area (Å²) >= 11 is 0. The fourth-order valence-electron chi connectivity index (χ4n) is 10.2. The van der Waals surface area contributed by atoms with Gasteiger partial charge in [0.25, 0.3) is 0 Å². The van der Waals surface area contributed by atoms with Gasteiger partial charge in [-0.2, -0.15) is 0 Å². The predicted molar refractivity (Wildman–Crippen MR) is 141 cm³/mol. The second-order valence-electron chi connectivity index (χ2n) is 15.0. The van der Waals surface area contributed by atoms with Crippen LogP contribution in [0, 0.1) is 50.2 Å². The minimum Gasteiger partial charge on any atom is -0.481 e. The Labute approximate surface area is 218 Å². The minimum absolute atomic E-state index is 0.0154. The fourth-order valence-corrected chi connectivity index (χ4v) is 10.2. The van der Waals surface area contributed by atoms with Crippen molar-refractivity contribution in [2.24, 2.45) is 50.2 Å². The number of carbonyl (C=O) groups is 2. The maximum atomic E-state index is 12.9. The second-order valence-corrected chi connectivity index (χ2v) is 15.0. The highest BCUT2D eigenvalue weighted by Crippen LogP contribution is 2.74. The molecule has 4 aliphatic carbocycles. The van der Waals surface area contributed by atoms with Crippen LogP contribution in [0.5, 0.6) is 0 Å². The molecule has 0 saturated heterocycles. The van der Waals surface area contributed by atoms with Crippen LogP contribution < -0.4 is 0 Å². The number of fused-ring (bicyclic) bond motifs is 5. The zero-order valence-electron chi connectivity index (χ0n) is 24.0. The Morgan fingerprint density at radius 2 is 1.69 bits per heavy atom. The molecule has 2 N–H and O–H groups in total. The highest BCUT2D eigenvalue weighted by Gasteiger charge is 2.68. The maximum Gasteiger partial charge on any atom is 0.311 e. The molecule has 36 heavy (non-hydrogen) atoms. The van der Waals surface area contributed by atoms with Crippen molar-refractivity contribution in [1.29, 1.82) is 0 Å². The summed E-state index contributed by atoms with van der Waals surface area (Å²) in [6.45, 7) is 15.9. The molecule has 204 valence electrons. The Balaban J connectivity index is 1.83. The molecule has 0 heterocycles. The summed E-state index contributed by atoms with van der Waals surface area (Å²) in [6.07, 6.45) is 10.6. The van der Waals surface area contributed by atoms with Gasteiger partial charge in [-0.25, -0.2) is 0 Å². The first-order chi connectivity index (χ1) is 16.5. The number of allylic oxidation sites excluding steroid dienone is 2. The smallest absolute Gasteiger partial charge is 0.311 e. The first-order valence-corrected chi connectivity index (χ1v) is 14.1. The molecule has 3 fully saturated rings. The number of aliphatic hydroxyl groups excluding tert-OH is 1. The third-order valence-corrected chi connectivity index (χ3v) is 12.5. The molecule has 3 saturated carbocycles. The van der Waals surface area contributed by atoms with Gasteiger partial charge >= 0.3 is 11.9 Å². The van der Waals surface area contributed by atoms with Gasteiger partial charge in [-0.15, -0.1) is 0 Å². The van der Waals surface area contributed by atoms with Crippen LogP contribution in [0.3, 0.4) is 0 Å². The molecule has 0 aromatic heterocycles. The lowest BCUT2D eigenvalue weighted by Gasteiger charge is -2.69. The van der Waals surface area contributed by atoms with Gasteiger partial charge in [0.15, 0.2) is 0 Å². The van der Waals surface area contributed by atoms with E-state index in [0.29, 0.717) is 5.92 Å². The number of rotatable bonds is 5. The molecule has 0 aromatic rings. The molecule has 0 unspecified atom stereocenters. The average molecular weight is 503 g/mol. The number of carboxylic acid groups (broad SMARTS) is 1. The Bertz CT molecular complexity index is 949. The summed E-state index contributed by atoms with van der Waals surface area (Å²) in [7, 11) is 1.43. The predicted octanol–water partition coefficient (Wildman–Crippen LogP) is 6.63. The Morgan fingerprint density at radius 3 is 2.28 bits per heavy atom. The highest BCUT2D eigenvalue weighted by molar-refractivity contribution is 5.77. The van der Waals surface area contributed by atoms with Gasteiger partial charge in [-0.1, -0.05) is 46.3 Å². The molecular weight excluding hydrogens is 452 g/mol. The summed E-state index contributed by atoms with van der Waals surface area (Å²) in [5.41, 5.74) is 0.409. The van der Waals surface area contributed by atoms with Crippen LogP contribution in [-0.2, 0) is 14.3 Å². The van der Waals surface area contributed by atoms with E-state index in [4.69, 9.17) is 4.74 Å². The molecule has 4 rings (SSSR count). The van der Waals surface area contributed by atoms with Gasteiger partial charge in [-0.05, 0) is 105 Å². The monoisotopic (exact) mass is 502 g/mol. The minimum atomic E-state index is -0.788. The van der Waals surface area contributed by atoms with Crippen molar-refractivity contribution in [3.8, 4) is 0 Å². The summed E-state index contributed by atoms with van der Waals surface area (Å²) in [4.78, 5) is 25.2. The largest absolute Gasteiger partial charge is 0.481 e. The topological polar surface area (TPSA) is 83.8 Å². The van der Waals surface area contributed by atoms with Crippen molar-refractivity contribution in [2.45, 2.75) is 106 Å². The second kappa shape index (κ2) is 8.58. The number of carboxylic acids is 1. The highest BCUT2D eigenvalue weighted by atomic mass is 16.5. The third kappa shape index (κ3) is 3.73. The number of hydrogen-bond acceptors (Lipinski definition) is 4. The van der Waals surface area contributed by atoms with Crippen molar-refractivity contribution >= 4 is 11.9 Å². The van der Waals surface area contributed by atoms with Crippen LogP contribution in [0.4, 0.5) is 0 Å². The van der Waals surface area contributed by atoms with Crippen molar-refractivity contribution in [3.05, 3.63) is 11.6 Å². The number of hydrogen-bond donors (Lipinski definition) is 2. The SMILES string of the molecule is COC(=O)C(C)(C)[C@@H]1CC[C@]2(C)[C@H](CC=C3[C@@H]4CC(C)(C)CC[C@]4(CO)CC[C@]32C)[C@@]1(C)CC(=O)O. The third-order valence-electron chi connectivity index (χ3n) is 12.5. The molecule has 0 radical (unpaired) electrons. The molecule has 0 aromatic carbocycles. The lowest BCUT2D eigenvalue weighted by Crippen LogP contribution is -2.63. The van der Waals surface area contributed by atoms with E-state index in [2.05, 4.69) is 40.7 Å².